The third-order valence-electron chi connectivity index (χ3n) is 4.30. The molecule has 25 heavy (non-hydrogen) atoms. The van der Waals surface area contributed by atoms with Crippen LogP contribution in [0.3, 0.4) is 0 Å². The van der Waals surface area contributed by atoms with E-state index in [0.29, 0.717) is 30.2 Å². The van der Waals surface area contributed by atoms with Crippen molar-refractivity contribution in [3.05, 3.63) is 44.6 Å². The zero-order valence-corrected chi connectivity index (χ0v) is 16.7. The quantitative estimate of drug-likeness (QED) is 0.736. The fourth-order valence-electron chi connectivity index (χ4n) is 2.92. The minimum absolute atomic E-state index is 0.00531. The van der Waals surface area contributed by atoms with Gasteiger partial charge in [-0.05, 0) is 46.3 Å². The van der Waals surface area contributed by atoms with E-state index in [1.54, 1.807) is 43.8 Å². The number of rotatable bonds is 5. The zero-order chi connectivity index (χ0) is 17.8. The molecule has 0 atom stereocenters. The maximum absolute atomic E-state index is 12.9. The first kappa shape index (κ1) is 18.2. The van der Waals surface area contributed by atoms with Gasteiger partial charge in [-0.1, -0.05) is 0 Å². The van der Waals surface area contributed by atoms with Crippen LogP contribution in [0, 0.1) is 0 Å². The number of amides is 1. The highest BCUT2D eigenvalue weighted by molar-refractivity contribution is 9.11. The van der Waals surface area contributed by atoms with Crippen LogP contribution in [-0.2, 0) is 6.54 Å². The number of ether oxygens (including phenoxy) is 2. The third-order valence-corrected chi connectivity index (χ3v) is 5.91. The van der Waals surface area contributed by atoms with Crippen LogP contribution < -0.4 is 9.47 Å². The van der Waals surface area contributed by atoms with Gasteiger partial charge in [0.2, 0.25) is 0 Å². The van der Waals surface area contributed by atoms with Gasteiger partial charge < -0.3 is 14.4 Å². The van der Waals surface area contributed by atoms with E-state index in [-0.39, 0.29) is 5.91 Å². The predicted octanol–water partition coefficient (Wildman–Crippen LogP) is 3.49. The maximum atomic E-state index is 12.9. The molecule has 0 spiro atoms. The second-order valence-electron chi connectivity index (χ2n) is 5.84. The van der Waals surface area contributed by atoms with Gasteiger partial charge in [0, 0.05) is 37.6 Å². The largest absolute Gasteiger partial charge is 0.497 e. The van der Waals surface area contributed by atoms with Gasteiger partial charge in [-0.3, -0.25) is 9.69 Å². The Kier molecular flexibility index (Phi) is 5.98. The van der Waals surface area contributed by atoms with E-state index in [0.717, 1.165) is 23.4 Å². The molecule has 1 aliphatic rings. The van der Waals surface area contributed by atoms with Crippen molar-refractivity contribution < 1.29 is 14.3 Å². The van der Waals surface area contributed by atoms with Crippen LogP contribution in [0.5, 0.6) is 11.5 Å². The summed E-state index contributed by atoms with van der Waals surface area (Å²) in [6.07, 6.45) is 0. The van der Waals surface area contributed by atoms with Crippen LogP contribution in [0.1, 0.15) is 15.2 Å². The summed E-state index contributed by atoms with van der Waals surface area (Å²) in [6, 6.07) is 9.54. The van der Waals surface area contributed by atoms with Crippen molar-refractivity contribution in [2.75, 3.05) is 40.4 Å². The fraction of sp³-hybridized carbons (Fsp3) is 0.389. The first-order valence-corrected chi connectivity index (χ1v) is 9.69. The molecule has 7 heteroatoms. The smallest absolute Gasteiger partial charge is 0.257 e. The Labute approximate surface area is 160 Å². The summed E-state index contributed by atoms with van der Waals surface area (Å²) in [4.78, 5) is 18.5. The molecule has 1 aromatic heterocycles. The predicted molar refractivity (Wildman–Crippen MR) is 103 cm³/mol. The second kappa shape index (κ2) is 8.21. The van der Waals surface area contributed by atoms with Crippen molar-refractivity contribution in [2.45, 2.75) is 6.54 Å². The number of piperazine rings is 1. The molecule has 0 unspecified atom stereocenters. The van der Waals surface area contributed by atoms with E-state index in [4.69, 9.17) is 9.47 Å². The van der Waals surface area contributed by atoms with Crippen molar-refractivity contribution >= 4 is 33.2 Å². The summed E-state index contributed by atoms with van der Waals surface area (Å²) in [5.41, 5.74) is 0.553. The number of hydrogen-bond acceptors (Lipinski definition) is 5. The molecule has 5 nitrogen and oxygen atoms in total. The lowest BCUT2D eigenvalue weighted by atomic mass is 10.1. The number of methoxy groups -OCH3 is 2. The van der Waals surface area contributed by atoms with Crippen LogP contribution in [0.25, 0.3) is 0 Å². The Morgan fingerprint density at radius 1 is 1.12 bits per heavy atom. The molecule has 1 fully saturated rings. The Bertz CT molecular complexity index is 742. The molecule has 0 bridgehead atoms. The third kappa shape index (κ3) is 4.34. The zero-order valence-electron chi connectivity index (χ0n) is 14.3. The summed E-state index contributed by atoms with van der Waals surface area (Å²) in [6.45, 7) is 4.10. The van der Waals surface area contributed by atoms with Gasteiger partial charge >= 0.3 is 0 Å². The van der Waals surface area contributed by atoms with Gasteiger partial charge in [-0.2, -0.15) is 0 Å². The average molecular weight is 425 g/mol. The topological polar surface area (TPSA) is 42.0 Å². The van der Waals surface area contributed by atoms with E-state index in [9.17, 15) is 4.79 Å². The lowest BCUT2D eigenvalue weighted by Gasteiger charge is -2.34. The monoisotopic (exact) mass is 424 g/mol. The Balaban J connectivity index is 1.63. The van der Waals surface area contributed by atoms with Gasteiger partial charge in [0.15, 0.2) is 0 Å². The van der Waals surface area contributed by atoms with Crippen molar-refractivity contribution in [2.24, 2.45) is 0 Å². The lowest BCUT2D eigenvalue weighted by Crippen LogP contribution is -2.48. The number of benzene rings is 1. The Morgan fingerprint density at radius 2 is 1.88 bits per heavy atom. The van der Waals surface area contributed by atoms with Crippen LogP contribution >= 0.6 is 27.3 Å². The van der Waals surface area contributed by atoms with Crippen molar-refractivity contribution in [1.29, 1.82) is 0 Å². The van der Waals surface area contributed by atoms with E-state index < -0.39 is 0 Å². The van der Waals surface area contributed by atoms with Crippen LogP contribution in [0.15, 0.2) is 34.1 Å². The molecule has 1 aliphatic heterocycles. The Hall–Kier alpha value is -1.57. The molecule has 134 valence electrons. The first-order valence-electron chi connectivity index (χ1n) is 8.08. The molecule has 2 heterocycles. The molecule has 2 aromatic rings. The summed E-state index contributed by atoms with van der Waals surface area (Å²) < 4.78 is 11.7. The number of hydrogen-bond donors (Lipinski definition) is 0. The molecule has 1 amide bonds. The average Bonchev–Trinajstić information content (AvgIpc) is 3.06. The minimum Gasteiger partial charge on any atom is -0.497 e. The molecule has 3 rings (SSSR count). The summed E-state index contributed by atoms with van der Waals surface area (Å²) >= 11 is 5.26. The summed E-state index contributed by atoms with van der Waals surface area (Å²) in [7, 11) is 3.17. The van der Waals surface area contributed by atoms with Gasteiger partial charge in [0.05, 0.1) is 23.6 Å². The number of nitrogens with zero attached hydrogens (tertiary/aromatic N) is 2. The van der Waals surface area contributed by atoms with E-state index >= 15 is 0 Å². The highest BCUT2D eigenvalue weighted by Crippen LogP contribution is 2.26. The molecule has 0 N–H and O–H groups in total. The van der Waals surface area contributed by atoms with Crippen LogP contribution in [0.2, 0.25) is 0 Å². The number of carbonyl (C=O) groups is 1. The van der Waals surface area contributed by atoms with Crippen molar-refractivity contribution in [3.8, 4) is 11.5 Å². The van der Waals surface area contributed by atoms with Crippen molar-refractivity contribution in [3.63, 3.8) is 0 Å². The summed E-state index contributed by atoms with van der Waals surface area (Å²) in [5.74, 6) is 1.23. The highest BCUT2D eigenvalue weighted by atomic mass is 79.9. The highest BCUT2D eigenvalue weighted by Gasteiger charge is 2.25. The SMILES string of the molecule is COc1ccc(OC)c(C(=O)N2CCN(Cc3ccc(Br)s3)CC2)c1. The molecular weight excluding hydrogens is 404 g/mol. The molecule has 0 saturated carbocycles. The maximum Gasteiger partial charge on any atom is 0.257 e. The van der Waals surface area contributed by atoms with E-state index in [2.05, 4.69) is 33.0 Å². The van der Waals surface area contributed by atoms with Crippen molar-refractivity contribution in [1.82, 2.24) is 9.80 Å². The van der Waals surface area contributed by atoms with Gasteiger partial charge in [-0.15, -0.1) is 11.3 Å². The number of halogens is 1. The number of thiophene rings is 1. The molecule has 1 saturated heterocycles. The number of carbonyl (C=O) groups excluding carboxylic acids is 1. The van der Waals surface area contributed by atoms with Crippen LogP contribution in [0.4, 0.5) is 0 Å². The van der Waals surface area contributed by atoms with E-state index in [1.807, 2.05) is 4.90 Å². The molecule has 0 radical (unpaired) electrons. The van der Waals surface area contributed by atoms with Gasteiger partial charge in [0.25, 0.3) is 5.91 Å². The van der Waals surface area contributed by atoms with Crippen LogP contribution in [-0.4, -0.2) is 56.1 Å². The van der Waals surface area contributed by atoms with Gasteiger partial charge in [0.1, 0.15) is 11.5 Å². The molecule has 0 aliphatic carbocycles. The molecular formula is C18H21BrN2O3S. The van der Waals surface area contributed by atoms with E-state index in [1.165, 1.54) is 4.88 Å². The standard InChI is InChI=1S/C18H21BrN2O3S/c1-23-13-3-5-16(24-2)15(11-13)18(22)21-9-7-20(8-10-21)12-14-4-6-17(19)25-14/h3-6,11H,7-10,12H2,1-2H3. The minimum atomic E-state index is -0.00531. The Morgan fingerprint density at radius 3 is 2.48 bits per heavy atom. The summed E-state index contributed by atoms with van der Waals surface area (Å²) in [5, 5.41) is 0. The fourth-order valence-corrected chi connectivity index (χ4v) is 4.44. The normalized spacial score (nSPS) is 15.2. The lowest BCUT2D eigenvalue weighted by molar-refractivity contribution is 0.0626. The first-order chi connectivity index (χ1) is 12.1. The second-order valence-corrected chi connectivity index (χ2v) is 8.39. The molecule has 1 aromatic carbocycles. The van der Waals surface area contributed by atoms with Gasteiger partial charge in [-0.25, -0.2) is 0 Å².